The van der Waals surface area contributed by atoms with Crippen molar-refractivity contribution in [1.82, 2.24) is 0 Å². The van der Waals surface area contributed by atoms with Gasteiger partial charge in [-0.1, -0.05) is 0 Å². The van der Waals surface area contributed by atoms with E-state index < -0.39 is 86.6 Å². The summed E-state index contributed by atoms with van der Waals surface area (Å²) in [6.45, 7) is 4.03. The molecule has 0 unspecified atom stereocenters. The molecule has 35 heavy (non-hydrogen) atoms. The second-order valence-corrected chi connectivity index (χ2v) is 9.81. The van der Waals surface area contributed by atoms with Gasteiger partial charge in [-0.05, 0) is 0 Å². The summed E-state index contributed by atoms with van der Waals surface area (Å²) in [6.07, 6.45) is -9.65. The zero-order valence-corrected chi connectivity index (χ0v) is 21.0. The van der Waals surface area contributed by atoms with Gasteiger partial charge in [-0.3, -0.25) is 0 Å². The van der Waals surface area contributed by atoms with E-state index in [1.54, 1.807) is 0 Å². The van der Waals surface area contributed by atoms with Gasteiger partial charge in [-0.15, -0.1) is 0 Å². The maximum absolute atomic E-state index is 13.4. The third kappa shape index (κ3) is 8.52. The zero-order chi connectivity index (χ0) is 26.3. The van der Waals surface area contributed by atoms with E-state index in [1.165, 1.54) is 18.2 Å². The van der Waals surface area contributed by atoms with E-state index >= 15 is 0 Å². The van der Waals surface area contributed by atoms with Gasteiger partial charge in [0.2, 0.25) is 0 Å². The fourth-order valence-corrected chi connectivity index (χ4v) is 5.97. The molecular weight excluding hydrogens is 544 g/mol. The summed E-state index contributed by atoms with van der Waals surface area (Å²) in [4.78, 5) is 46.8. The molecule has 1 fully saturated rings. The molecule has 5 atom stereocenters. The SMILES string of the molecule is CC(=O)OC[C@H]1O[C@@H]([Se]Cc2ccccc2C(F)(F)F)[C@H](OC(C)=O)[C@@H](OC(C)=O)[C@@H]1OC(C)=O. The Bertz CT molecular complexity index is 937. The number of ether oxygens (including phenoxy) is 5. The number of benzene rings is 1. The van der Waals surface area contributed by atoms with Crippen LogP contribution in [0, 0.1) is 0 Å². The van der Waals surface area contributed by atoms with E-state index in [2.05, 4.69) is 0 Å². The summed E-state index contributed by atoms with van der Waals surface area (Å²) < 4.78 is 67.2. The van der Waals surface area contributed by atoms with Crippen LogP contribution < -0.4 is 0 Å². The van der Waals surface area contributed by atoms with Crippen molar-refractivity contribution in [3.8, 4) is 0 Å². The van der Waals surface area contributed by atoms with Gasteiger partial charge in [-0.25, -0.2) is 0 Å². The quantitative estimate of drug-likeness (QED) is 0.264. The van der Waals surface area contributed by atoms with Gasteiger partial charge in [0.25, 0.3) is 0 Å². The molecule has 1 saturated heterocycles. The van der Waals surface area contributed by atoms with Gasteiger partial charge in [-0.2, -0.15) is 0 Å². The van der Waals surface area contributed by atoms with Crippen molar-refractivity contribution in [1.29, 1.82) is 0 Å². The Morgan fingerprint density at radius 1 is 0.857 bits per heavy atom. The first-order chi connectivity index (χ1) is 16.3. The molecule has 0 bridgehead atoms. The standard InChI is InChI=1S/C22H25F3O9Se/c1-11(26)30-9-17-18(31-12(2)27)19(32-13(3)28)20(33-14(4)29)21(34-17)35-10-15-7-5-6-8-16(15)22(23,24)25/h5-8,17-21H,9-10H2,1-4H3/t17-,18-,19+,20-,21+/m1/s1. The fourth-order valence-electron chi connectivity index (χ4n) is 3.42. The van der Waals surface area contributed by atoms with Gasteiger partial charge in [0.05, 0.1) is 0 Å². The van der Waals surface area contributed by atoms with Gasteiger partial charge >= 0.3 is 205 Å². The molecule has 1 heterocycles. The van der Waals surface area contributed by atoms with Crippen LogP contribution in [0.1, 0.15) is 38.8 Å². The average molecular weight is 569 g/mol. The predicted molar refractivity (Wildman–Crippen MR) is 113 cm³/mol. The Hall–Kier alpha value is -2.63. The molecule has 194 valence electrons. The van der Waals surface area contributed by atoms with Crippen LogP contribution in [0.25, 0.3) is 0 Å². The number of alkyl halides is 3. The monoisotopic (exact) mass is 570 g/mol. The van der Waals surface area contributed by atoms with Crippen molar-refractivity contribution in [2.75, 3.05) is 6.61 Å². The first-order valence-corrected chi connectivity index (χ1v) is 12.6. The van der Waals surface area contributed by atoms with Crippen LogP contribution in [0.15, 0.2) is 24.3 Å². The minimum absolute atomic E-state index is 0.00727. The summed E-state index contributed by atoms with van der Waals surface area (Å²) in [6, 6.07) is 5.02. The summed E-state index contributed by atoms with van der Waals surface area (Å²) in [7, 11) is 0. The van der Waals surface area contributed by atoms with Crippen LogP contribution in [0.2, 0.25) is 0 Å². The van der Waals surface area contributed by atoms with Gasteiger partial charge < -0.3 is 0 Å². The number of carbonyl (C=O) groups excluding carboxylic acids is 4. The molecule has 2 rings (SSSR count). The molecule has 0 aromatic heterocycles. The Balaban J connectivity index is 2.42. The topological polar surface area (TPSA) is 114 Å². The van der Waals surface area contributed by atoms with Crippen LogP contribution in [0.4, 0.5) is 13.2 Å². The molecule has 1 aliphatic heterocycles. The molecule has 1 aromatic rings. The van der Waals surface area contributed by atoms with Crippen LogP contribution >= 0.6 is 0 Å². The average Bonchev–Trinajstić information content (AvgIpc) is 2.73. The molecule has 0 saturated carbocycles. The van der Waals surface area contributed by atoms with Crippen molar-refractivity contribution in [2.45, 2.75) is 68.6 Å². The first-order valence-electron chi connectivity index (χ1n) is 10.4. The Kier molecular flexibility index (Phi) is 10.1. The zero-order valence-electron chi connectivity index (χ0n) is 19.3. The molecule has 9 nitrogen and oxygen atoms in total. The summed E-state index contributed by atoms with van der Waals surface area (Å²) in [5.41, 5.74) is -0.805. The number of hydrogen-bond donors (Lipinski definition) is 0. The van der Waals surface area contributed by atoms with Crippen molar-refractivity contribution >= 4 is 38.8 Å². The van der Waals surface area contributed by atoms with E-state index in [-0.39, 0.29) is 10.9 Å². The van der Waals surface area contributed by atoms with E-state index in [4.69, 9.17) is 23.7 Å². The van der Waals surface area contributed by atoms with E-state index in [9.17, 15) is 32.3 Å². The molecule has 0 aliphatic carbocycles. The minimum atomic E-state index is -4.58. The molecular formula is C22H25F3O9Se. The van der Waals surface area contributed by atoms with E-state index in [0.717, 1.165) is 33.8 Å². The van der Waals surface area contributed by atoms with Crippen LogP contribution in [-0.2, 0) is 54.4 Å². The molecule has 13 heteroatoms. The number of halogens is 3. The number of esters is 4. The number of carbonyl (C=O) groups is 4. The molecule has 0 N–H and O–H groups in total. The predicted octanol–water partition coefficient (Wildman–Crippen LogP) is 1.99. The number of rotatable bonds is 8. The molecule has 0 amide bonds. The summed E-state index contributed by atoms with van der Waals surface area (Å²) >= 11 is -0.796. The van der Waals surface area contributed by atoms with Gasteiger partial charge in [0, 0.05) is 0 Å². The van der Waals surface area contributed by atoms with Crippen LogP contribution in [-0.4, -0.2) is 74.9 Å². The summed E-state index contributed by atoms with van der Waals surface area (Å²) in [5, 5.41) is -1.10. The Labute approximate surface area is 205 Å². The Morgan fingerprint density at radius 2 is 1.40 bits per heavy atom. The normalized spacial score (nSPS) is 24.3. The van der Waals surface area contributed by atoms with E-state index in [0.29, 0.717) is 0 Å². The fraction of sp³-hybridized carbons (Fsp3) is 0.545. The Morgan fingerprint density at radius 3 is 1.94 bits per heavy atom. The molecule has 1 aliphatic rings. The third-order valence-electron chi connectivity index (χ3n) is 4.67. The van der Waals surface area contributed by atoms with Crippen molar-refractivity contribution in [3.63, 3.8) is 0 Å². The summed E-state index contributed by atoms with van der Waals surface area (Å²) in [5.74, 6) is -2.99. The molecule has 0 spiro atoms. The van der Waals surface area contributed by atoms with Crippen LogP contribution in [0.5, 0.6) is 0 Å². The first kappa shape index (κ1) is 28.6. The van der Waals surface area contributed by atoms with Crippen molar-refractivity contribution in [3.05, 3.63) is 35.4 Å². The molecule has 1 aromatic carbocycles. The van der Waals surface area contributed by atoms with Gasteiger partial charge in [0.15, 0.2) is 0 Å². The molecule has 0 radical (unpaired) electrons. The van der Waals surface area contributed by atoms with E-state index in [1.807, 2.05) is 0 Å². The van der Waals surface area contributed by atoms with Gasteiger partial charge in [0.1, 0.15) is 0 Å². The third-order valence-corrected chi connectivity index (χ3v) is 7.16. The van der Waals surface area contributed by atoms with Crippen molar-refractivity contribution < 1.29 is 56.0 Å². The maximum atomic E-state index is 13.4. The second kappa shape index (κ2) is 12.4. The van der Waals surface area contributed by atoms with Crippen molar-refractivity contribution in [2.24, 2.45) is 0 Å². The second-order valence-electron chi connectivity index (χ2n) is 7.53. The van der Waals surface area contributed by atoms with Crippen LogP contribution in [0.3, 0.4) is 0 Å². The number of hydrogen-bond acceptors (Lipinski definition) is 9.